The van der Waals surface area contributed by atoms with Crippen molar-refractivity contribution >= 4 is 11.4 Å². The molecule has 0 radical (unpaired) electrons. The molecule has 2 bridgehead atoms. The number of ketones is 1. The number of carbonyl (C=O) groups is 1. The van der Waals surface area contributed by atoms with Crippen LogP contribution >= 0.6 is 0 Å². The molecule has 0 amide bonds. The molecule has 20 heavy (non-hydrogen) atoms. The first-order chi connectivity index (χ1) is 9.43. The SMILES string of the molecule is CC(C)C1=C[C@@H]2C=C(c3ccccc3)[C@H]1C(=O)[C@@]2(C)O. The Morgan fingerprint density at radius 2 is 1.80 bits per heavy atom. The summed E-state index contributed by atoms with van der Waals surface area (Å²) in [4.78, 5) is 12.7. The Bertz CT molecular complexity index is 606. The lowest BCUT2D eigenvalue weighted by Gasteiger charge is -2.44. The smallest absolute Gasteiger partial charge is 0.176 e. The van der Waals surface area contributed by atoms with Gasteiger partial charge in [-0.15, -0.1) is 0 Å². The van der Waals surface area contributed by atoms with Crippen molar-refractivity contribution in [3.05, 3.63) is 53.6 Å². The minimum Gasteiger partial charge on any atom is -0.381 e. The van der Waals surface area contributed by atoms with Crippen LogP contribution in [0.2, 0.25) is 0 Å². The number of allylic oxidation sites excluding steroid dienone is 2. The van der Waals surface area contributed by atoms with Crippen LogP contribution in [-0.4, -0.2) is 16.5 Å². The summed E-state index contributed by atoms with van der Waals surface area (Å²) in [6.07, 6.45) is 4.15. The van der Waals surface area contributed by atoms with Crippen LogP contribution in [0.5, 0.6) is 0 Å². The van der Waals surface area contributed by atoms with E-state index in [1.807, 2.05) is 30.3 Å². The van der Waals surface area contributed by atoms with Gasteiger partial charge in [0, 0.05) is 5.92 Å². The Hall–Kier alpha value is -1.67. The van der Waals surface area contributed by atoms with Crippen molar-refractivity contribution in [2.75, 3.05) is 0 Å². The maximum absolute atomic E-state index is 12.7. The van der Waals surface area contributed by atoms with Crippen LogP contribution in [0.4, 0.5) is 0 Å². The lowest BCUT2D eigenvalue weighted by atomic mass is 9.60. The average Bonchev–Trinajstić information content (AvgIpc) is 2.44. The lowest BCUT2D eigenvalue weighted by Crippen LogP contribution is -2.52. The molecule has 0 unspecified atom stereocenters. The van der Waals surface area contributed by atoms with Crippen molar-refractivity contribution in [1.29, 1.82) is 0 Å². The summed E-state index contributed by atoms with van der Waals surface area (Å²) >= 11 is 0. The van der Waals surface area contributed by atoms with Crippen LogP contribution in [0, 0.1) is 17.8 Å². The van der Waals surface area contributed by atoms with Gasteiger partial charge in [-0.25, -0.2) is 0 Å². The first kappa shape index (κ1) is 13.3. The van der Waals surface area contributed by atoms with E-state index < -0.39 is 5.60 Å². The molecule has 0 saturated heterocycles. The zero-order valence-corrected chi connectivity index (χ0v) is 12.1. The van der Waals surface area contributed by atoms with Crippen molar-refractivity contribution in [3.8, 4) is 0 Å². The molecule has 1 aromatic rings. The van der Waals surface area contributed by atoms with Crippen molar-refractivity contribution in [3.63, 3.8) is 0 Å². The molecule has 3 atom stereocenters. The molecule has 2 nitrogen and oxygen atoms in total. The molecule has 3 aliphatic rings. The third-order valence-corrected chi connectivity index (χ3v) is 4.56. The number of aliphatic hydroxyl groups is 1. The molecule has 0 saturated carbocycles. The molecule has 0 heterocycles. The van der Waals surface area contributed by atoms with Crippen LogP contribution in [0.3, 0.4) is 0 Å². The van der Waals surface area contributed by atoms with Gasteiger partial charge in [-0.3, -0.25) is 4.79 Å². The number of hydrogen-bond donors (Lipinski definition) is 1. The predicted octanol–water partition coefficient (Wildman–Crippen LogP) is 3.23. The fourth-order valence-electron chi connectivity index (χ4n) is 3.31. The molecule has 0 fully saturated rings. The van der Waals surface area contributed by atoms with Gasteiger partial charge in [0.25, 0.3) is 0 Å². The van der Waals surface area contributed by atoms with Gasteiger partial charge in [-0.05, 0) is 24.0 Å². The minimum absolute atomic E-state index is 0.0601. The van der Waals surface area contributed by atoms with E-state index in [-0.39, 0.29) is 17.6 Å². The van der Waals surface area contributed by atoms with Crippen LogP contribution in [0.1, 0.15) is 26.3 Å². The van der Waals surface area contributed by atoms with E-state index in [0.717, 1.165) is 16.7 Å². The van der Waals surface area contributed by atoms with E-state index in [4.69, 9.17) is 0 Å². The topological polar surface area (TPSA) is 37.3 Å². The highest BCUT2D eigenvalue weighted by Gasteiger charge is 2.51. The second kappa shape index (κ2) is 4.42. The van der Waals surface area contributed by atoms with Crippen molar-refractivity contribution in [2.45, 2.75) is 26.4 Å². The van der Waals surface area contributed by atoms with Gasteiger partial charge in [0.2, 0.25) is 0 Å². The average molecular weight is 268 g/mol. The summed E-state index contributed by atoms with van der Waals surface area (Å²) in [5.74, 6) is -0.255. The van der Waals surface area contributed by atoms with Gasteiger partial charge in [-0.1, -0.05) is 61.9 Å². The largest absolute Gasteiger partial charge is 0.381 e. The fraction of sp³-hybridized carbons (Fsp3) is 0.389. The van der Waals surface area contributed by atoms with Gasteiger partial charge >= 0.3 is 0 Å². The standard InChI is InChI=1S/C18H20O2/c1-11(2)14-9-13-10-15(12-7-5-4-6-8-12)16(14)17(19)18(13,3)20/h4-11,13,16,20H,1-3H3/t13-,16+,18+/m1/s1. The van der Waals surface area contributed by atoms with E-state index in [0.29, 0.717) is 5.92 Å². The van der Waals surface area contributed by atoms with Crippen LogP contribution < -0.4 is 0 Å². The second-order valence-electron chi connectivity index (χ2n) is 6.28. The molecular formula is C18H20O2. The van der Waals surface area contributed by atoms with Crippen LogP contribution in [0.25, 0.3) is 5.57 Å². The normalized spacial score (nSPS) is 32.4. The number of benzene rings is 1. The Morgan fingerprint density at radius 1 is 1.15 bits per heavy atom. The van der Waals surface area contributed by atoms with Crippen LogP contribution in [0.15, 0.2) is 48.1 Å². The highest BCUT2D eigenvalue weighted by atomic mass is 16.3. The van der Waals surface area contributed by atoms with Gasteiger partial charge < -0.3 is 5.11 Å². The minimum atomic E-state index is -1.26. The van der Waals surface area contributed by atoms with E-state index in [1.54, 1.807) is 6.92 Å². The zero-order chi connectivity index (χ0) is 14.5. The Morgan fingerprint density at radius 3 is 2.35 bits per heavy atom. The van der Waals surface area contributed by atoms with Crippen LogP contribution in [-0.2, 0) is 4.79 Å². The first-order valence-corrected chi connectivity index (χ1v) is 7.18. The maximum Gasteiger partial charge on any atom is 0.176 e. The third kappa shape index (κ3) is 1.79. The van der Waals surface area contributed by atoms with Gasteiger partial charge in [0.05, 0.1) is 5.92 Å². The van der Waals surface area contributed by atoms with Crippen molar-refractivity contribution in [2.24, 2.45) is 17.8 Å². The molecule has 3 aliphatic carbocycles. The van der Waals surface area contributed by atoms with E-state index >= 15 is 0 Å². The van der Waals surface area contributed by atoms with Crippen molar-refractivity contribution < 1.29 is 9.90 Å². The number of rotatable bonds is 2. The number of Topliss-reactive ketones (excluding diaryl/α,β-unsaturated/α-hetero) is 1. The van der Waals surface area contributed by atoms with E-state index in [1.165, 1.54) is 0 Å². The molecule has 104 valence electrons. The molecule has 1 aromatic carbocycles. The third-order valence-electron chi connectivity index (χ3n) is 4.56. The lowest BCUT2D eigenvalue weighted by molar-refractivity contribution is -0.141. The van der Waals surface area contributed by atoms with Gasteiger partial charge in [0.15, 0.2) is 5.78 Å². The molecule has 4 rings (SSSR count). The fourth-order valence-corrected chi connectivity index (χ4v) is 3.31. The highest BCUT2D eigenvalue weighted by molar-refractivity contribution is 6.05. The maximum atomic E-state index is 12.7. The van der Waals surface area contributed by atoms with Gasteiger partial charge in [0.1, 0.15) is 5.60 Å². The quantitative estimate of drug-likeness (QED) is 0.836. The van der Waals surface area contributed by atoms with Gasteiger partial charge in [-0.2, -0.15) is 0 Å². The summed E-state index contributed by atoms with van der Waals surface area (Å²) < 4.78 is 0. The summed E-state index contributed by atoms with van der Waals surface area (Å²) in [7, 11) is 0. The first-order valence-electron chi connectivity index (χ1n) is 7.18. The number of carbonyl (C=O) groups excluding carboxylic acids is 1. The molecule has 2 heteroatoms. The summed E-state index contributed by atoms with van der Waals surface area (Å²) in [6, 6.07) is 10.0. The molecule has 0 aliphatic heterocycles. The predicted molar refractivity (Wildman–Crippen MR) is 80.0 cm³/mol. The molecule has 1 N–H and O–H groups in total. The molecule has 0 spiro atoms. The Kier molecular flexibility index (Phi) is 2.94. The Labute approximate surface area is 119 Å². The number of hydrogen-bond acceptors (Lipinski definition) is 2. The summed E-state index contributed by atoms with van der Waals surface area (Å²) in [5, 5.41) is 10.5. The summed E-state index contributed by atoms with van der Waals surface area (Å²) in [5.41, 5.74) is 2.02. The Balaban J connectivity index is 2.14. The van der Waals surface area contributed by atoms with Crippen molar-refractivity contribution in [1.82, 2.24) is 0 Å². The van der Waals surface area contributed by atoms with E-state index in [2.05, 4.69) is 26.0 Å². The second-order valence-corrected chi connectivity index (χ2v) is 6.28. The summed E-state index contributed by atoms with van der Waals surface area (Å²) in [6.45, 7) is 5.85. The molecule has 0 aromatic heterocycles. The number of fused-ring (bicyclic) bond motifs is 1. The monoisotopic (exact) mass is 268 g/mol. The van der Waals surface area contributed by atoms with E-state index in [9.17, 15) is 9.90 Å². The zero-order valence-electron chi connectivity index (χ0n) is 12.1. The molecular weight excluding hydrogens is 248 g/mol. The highest BCUT2D eigenvalue weighted by Crippen LogP contribution is 2.48.